The van der Waals surface area contributed by atoms with Gasteiger partial charge in [0.1, 0.15) is 0 Å². The molecule has 0 fully saturated rings. The Morgan fingerprint density at radius 2 is 2.25 bits per heavy atom. The Bertz CT molecular complexity index is 440. The molecule has 2 rings (SSSR count). The quantitative estimate of drug-likeness (QED) is 0.777. The maximum atomic E-state index is 5.61. The van der Waals surface area contributed by atoms with Crippen molar-refractivity contribution >= 4 is 23.5 Å². The van der Waals surface area contributed by atoms with Gasteiger partial charge in [0, 0.05) is 13.0 Å². The number of nitrogens with one attached hydrogen (secondary N) is 1. The van der Waals surface area contributed by atoms with Crippen LogP contribution in [0.15, 0.2) is 10.9 Å². The van der Waals surface area contributed by atoms with Gasteiger partial charge in [-0.05, 0) is 11.6 Å². The van der Waals surface area contributed by atoms with Gasteiger partial charge in [-0.1, -0.05) is 5.16 Å². The second-order valence-electron chi connectivity index (χ2n) is 2.80. The predicted molar refractivity (Wildman–Crippen MR) is 55.7 cm³/mol. The van der Waals surface area contributed by atoms with E-state index in [1.54, 1.807) is 0 Å². The van der Waals surface area contributed by atoms with E-state index in [-0.39, 0.29) is 11.2 Å². The van der Waals surface area contributed by atoms with Crippen molar-refractivity contribution in [2.45, 2.75) is 6.42 Å². The molecular formula is C7H8ClN7O. The van der Waals surface area contributed by atoms with Crippen LogP contribution < -0.4 is 11.1 Å². The minimum Gasteiger partial charge on any atom is -0.368 e. The third-order valence-corrected chi connectivity index (χ3v) is 1.82. The van der Waals surface area contributed by atoms with Crippen LogP contribution in [-0.2, 0) is 6.42 Å². The Balaban J connectivity index is 1.89. The summed E-state index contributed by atoms with van der Waals surface area (Å²) in [6.45, 7) is 0.530. The standard InChI is InChI=1S/C7H8ClN7O/c8-5-13-6(9)15-7(14-5)10-2-1-4-11-3-12-16-4/h3H,1-2H2,(H3,9,10,13,14,15). The number of nitrogens with zero attached hydrogens (tertiary/aromatic N) is 5. The molecule has 0 aliphatic heterocycles. The van der Waals surface area contributed by atoms with Crippen LogP contribution in [0.3, 0.4) is 0 Å². The summed E-state index contributed by atoms with van der Waals surface area (Å²) in [5.74, 6) is 0.915. The largest absolute Gasteiger partial charge is 0.368 e. The van der Waals surface area contributed by atoms with Gasteiger partial charge in [0.05, 0.1) is 0 Å². The Morgan fingerprint density at radius 1 is 1.38 bits per heavy atom. The zero-order chi connectivity index (χ0) is 11.4. The summed E-state index contributed by atoms with van der Waals surface area (Å²) in [5, 5.41) is 6.44. The first kappa shape index (κ1) is 10.6. The number of hydrogen-bond acceptors (Lipinski definition) is 8. The number of aromatic nitrogens is 5. The van der Waals surface area contributed by atoms with E-state index in [0.29, 0.717) is 24.8 Å². The van der Waals surface area contributed by atoms with Crippen LogP contribution >= 0.6 is 11.6 Å². The van der Waals surface area contributed by atoms with Crippen LogP contribution in [0.25, 0.3) is 0 Å². The van der Waals surface area contributed by atoms with Crippen molar-refractivity contribution in [3.8, 4) is 0 Å². The molecule has 0 bridgehead atoms. The maximum absolute atomic E-state index is 5.61. The number of anilines is 2. The SMILES string of the molecule is Nc1nc(Cl)nc(NCCc2ncno2)n1. The normalized spacial score (nSPS) is 10.3. The highest BCUT2D eigenvalue weighted by atomic mass is 35.5. The molecule has 0 atom stereocenters. The summed E-state index contributed by atoms with van der Waals surface area (Å²) in [4.78, 5) is 15.2. The van der Waals surface area contributed by atoms with E-state index in [2.05, 4.69) is 30.4 Å². The van der Waals surface area contributed by atoms with Gasteiger partial charge in [0.15, 0.2) is 6.33 Å². The number of nitrogen functional groups attached to an aromatic ring is 1. The molecule has 84 valence electrons. The number of rotatable bonds is 4. The van der Waals surface area contributed by atoms with E-state index in [4.69, 9.17) is 21.9 Å². The molecule has 9 heteroatoms. The lowest BCUT2D eigenvalue weighted by Crippen LogP contribution is -2.10. The van der Waals surface area contributed by atoms with Crippen molar-refractivity contribution < 1.29 is 4.52 Å². The smallest absolute Gasteiger partial charge is 0.228 e. The lowest BCUT2D eigenvalue weighted by atomic mass is 10.4. The summed E-state index contributed by atoms with van der Waals surface area (Å²) < 4.78 is 4.81. The zero-order valence-electron chi connectivity index (χ0n) is 8.09. The highest BCUT2D eigenvalue weighted by molar-refractivity contribution is 6.28. The molecule has 0 amide bonds. The van der Waals surface area contributed by atoms with Gasteiger partial charge in [0.2, 0.25) is 23.1 Å². The van der Waals surface area contributed by atoms with E-state index in [1.807, 2.05) is 0 Å². The van der Waals surface area contributed by atoms with Gasteiger partial charge >= 0.3 is 0 Å². The average Bonchev–Trinajstić information content (AvgIpc) is 2.69. The Morgan fingerprint density at radius 3 is 2.94 bits per heavy atom. The minimum atomic E-state index is 0.0489. The van der Waals surface area contributed by atoms with Crippen molar-refractivity contribution in [2.75, 3.05) is 17.6 Å². The minimum absolute atomic E-state index is 0.0489. The second kappa shape index (κ2) is 4.71. The molecule has 2 heterocycles. The molecule has 3 N–H and O–H groups in total. The van der Waals surface area contributed by atoms with Crippen molar-refractivity contribution in [3.05, 3.63) is 17.5 Å². The van der Waals surface area contributed by atoms with Crippen LogP contribution in [0, 0.1) is 0 Å². The van der Waals surface area contributed by atoms with Gasteiger partial charge < -0.3 is 15.6 Å². The topological polar surface area (TPSA) is 116 Å². The first-order valence-electron chi connectivity index (χ1n) is 4.40. The molecule has 16 heavy (non-hydrogen) atoms. The van der Waals surface area contributed by atoms with E-state index in [1.165, 1.54) is 6.33 Å². The molecule has 0 saturated heterocycles. The molecule has 2 aromatic heterocycles. The van der Waals surface area contributed by atoms with Gasteiger partial charge in [-0.3, -0.25) is 0 Å². The van der Waals surface area contributed by atoms with Gasteiger partial charge in [0.25, 0.3) is 0 Å². The van der Waals surface area contributed by atoms with E-state index in [9.17, 15) is 0 Å². The highest BCUT2D eigenvalue weighted by Gasteiger charge is 2.03. The van der Waals surface area contributed by atoms with Crippen LogP contribution in [0.4, 0.5) is 11.9 Å². The van der Waals surface area contributed by atoms with Crippen molar-refractivity contribution in [3.63, 3.8) is 0 Å². The lowest BCUT2D eigenvalue weighted by Gasteiger charge is -2.02. The van der Waals surface area contributed by atoms with Crippen LogP contribution in [-0.4, -0.2) is 31.6 Å². The Labute approximate surface area is 95.3 Å². The molecule has 0 radical (unpaired) electrons. The Hall–Kier alpha value is -1.96. The molecule has 0 saturated carbocycles. The fraction of sp³-hybridized carbons (Fsp3) is 0.286. The number of nitrogens with two attached hydrogens (primary N) is 1. The molecule has 8 nitrogen and oxygen atoms in total. The lowest BCUT2D eigenvalue weighted by molar-refractivity contribution is 0.379. The fourth-order valence-corrected chi connectivity index (χ4v) is 1.20. The van der Waals surface area contributed by atoms with Crippen molar-refractivity contribution in [1.29, 1.82) is 0 Å². The maximum Gasteiger partial charge on any atom is 0.228 e. The zero-order valence-corrected chi connectivity index (χ0v) is 8.85. The summed E-state index contributed by atoms with van der Waals surface area (Å²) in [5.41, 5.74) is 5.40. The second-order valence-corrected chi connectivity index (χ2v) is 3.14. The first-order valence-corrected chi connectivity index (χ1v) is 4.78. The van der Waals surface area contributed by atoms with Gasteiger partial charge in [-0.2, -0.15) is 19.9 Å². The predicted octanol–water partition coefficient (Wildman–Crippen LogP) is 0.145. The van der Waals surface area contributed by atoms with Crippen molar-refractivity contribution in [2.24, 2.45) is 0 Å². The first-order chi connectivity index (χ1) is 7.74. The van der Waals surface area contributed by atoms with Crippen LogP contribution in [0.5, 0.6) is 0 Å². The van der Waals surface area contributed by atoms with Gasteiger partial charge in [-0.15, -0.1) is 0 Å². The number of hydrogen-bond donors (Lipinski definition) is 2. The van der Waals surface area contributed by atoms with E-state index < -0.39 is 0 Å². The molecule has 0 aliphatic rings. The fourth-order valence-electron chi connectivity index (χ4n) is 1.03. The highest BCUT2D eigenvalue weighted by Crippen LogP contribution is 2.06. The van der Waals surface area contributed by atoms with Crippen LogP contribution in [0.2, 0.25) is 5.28 Å². The monoisotopic (exact) mass is 241 g/mol. The van der Waals surface area contributed by atoms with Gasteiger partial charge in [-0.25, -0.2) is 0 Å². The number of halogens is 1. The molecule has 0 aromatic carbocycles. The Kier molecular flexibility index (Phi) is 3.10. The molecule has 2 aromatic rings. The van der Waals surface area contributed by atoms with E-state index >= 15 is 0 Å². The molecule has 0 spiro atoms. The van der Waals surface area contributed by atoms with Crippen LogP contribution in [0.1, 0.15) is 5.89 Å². The summed E-state index contributed by atoms with van der Waals surface area (Å²) >= 11 is 5.61. The van der Waals surface area contributed by atoms with E-state index in [0.717, 1.165) is 0 Å². The average molecular weight is 242 g/mol. The molecule has 0 unspecified atom stereocenters. The summed E-state index contributed by atoms with van der Waals surface area (Å²) in [7, 11) is 0. The third kappa shape index (κ3) is 2.76. The summed E-state index contributed by atoms with van der Waals surface area (Å²) in [6.07, 6.45) is 1.90. The third-order valence-electron chi connectivity index (χ3n) is 1.65. The molecule has 0 aliphatic carbocycles. The molecular weight excluding hydrogens is 234 g/mol. The summed E-state index contributed by atoms with van der Waals surface area (Å²) in [6, 6.07) is 0. The van der Waals surface area contributed by atoms with Crippen molar-refractivity contribution in [1.82, 2.24) is 25.1 Å².